The normalized spacial score (nSPS) is 11.2. The molecule has 0 spiro atoms. The van der Waals surface area contributed by atoms with E-state index >= 15 is 0 Å². The SMILES string of the molecule is COc1ccc(S(=O)(=O)NCc2ccco2)cc1NC(=O)c1ccccc1F. The zero-order valence-electron chi connectivity index (χ0n) is 14.8. The van der Waals surface area contributed by atoms with Crippen LogP contribution in [0.5, 0.6) is 5.75 Å². The number of carbonyl (C=O) groups excluding carboxylic acids is 1. The van der Waals surface area contributed by atoms with Gasteiger partial charge in [0.1, 0.15) is 17.3 Å². The van der Waals surface area contributed by atoms with Crippen LogP contribution < -0.4 is 14.8 Å². The van der Waals surface area contributed by atoms with Gasteiger partial charge in [-0.05, 0) is 42.5 Å². The molecule has 1 aromatic heterocycles. The molecule has 146 valence electrons. The summed E-state index contributed by atoms with van der Waals surface area (Å²) < 4.78 is 51.5. The minimum atomic E-state index is -3.88. The van der Waals surface area contributed by atoms with Crippen molar-refractivity contribution in [2.45, 2.75) is 11.4 Å². The van der Waals surface area contributed by atoms with Gasteiger partial charge in [0.05, 0.1) is 36.1 Å². The molecule has 0 aliphatic heterocycles. The summed E-state index contributed by atoms with van der Waals surface area (Å²) in [6.07, 6.45) is 1.44. The molecular formula is C19H17FN2O5S. The molecule has 0 saturated heterocycles. The number of anilines is 1. The average Bonchev–Trinajstić information content (AvgIpc) is 3.20. The monoisotopic (exact) mass is 404 g/mol. The van der Waals surface area contributed by atoms with E-state index in [0.717, 1.165) is 6.07 Å². The Morgan fingerprint density at radius 1 is 1.14 bits per heavy atom. The topological polar surface area (TPSA) is 97.6 Å². The first-order valence-corrected chi connectivity index (χ1v) is 9.65. The molecule has 3 rings (SSSR count). The van der Waals surface area contributed by atoms with Gasteiger partial charge in [-0.1, -0.05) is 12.1 Å². The van der Waals surface area contributed by atoms with E-state index in [0.29, 0.717) is 5.76 Å². The number of hydrogen-bond donors (Lipinski definition) is 2. The number of amides is 1. The van der Waals surface area contributed by atoms with Crippen molar-refractivity contribution in [3.05, 3.63) is 78.0 Å². The molecule has 7 nitrogen and oxygen atoms in total. The van der Waals surface area contributed by atoms with Gasteiger partial charge < -0.3 is 14.5 Å². The van der Waals surface area contributed by atoms with Gasteiger partial charge >= 0.3 is 0 Å². The van der Waals surface area contributed by atoms with E-state index in [1.807, 2.05) is 0 Å². The highest BCUT2D eigenvalue weighted by atomic mass is 32.2. The fraction of sp³-hybridized carbons (Fsp3) is 0.105. The van der Waals surface area contributed by atoms with Crippen molar-refractivity contribution in [3.8, 4) is 5.75 Å². The van der Waals surface area contributed by atoms with Gasteiger partial charge in [0.15, 0.2) is 0 Å². The van der Waals surface area contributed by atoms with Crippen LogP contribution in [0.3, 0.4) is 0 Å². The molecule has 0 unspecified atom stereocenters. The van der Waals surface area contributed by atoms with Crippen molar-refractivity contribution in [2.75, 3.05) is 12.4 Å². The van der Waals surface area contributed by atoms with Crippen molar-refractivity contribution >= 4 is 21.6 Å². The second kappa shape index (κ2) is 8.24. The number of carbonyl (C=O) groups is 1. The molecule has 2 aromatic carbocycles. The Morgan fingerprint density at radius 3 is 2.61 bits per heavy atom. The Balaban J connectivity index is 1.85. The van der Waals surface area contributed by atoms with E-state index in [-0.39, 0.29) is 28.4 Å². The van der Waals surface area contributed by atoms with Crippen LogP contribution in [0.4, 0.5) is 10.1 Å². The molecule has 1 amide bonds. The molecule has 28 heavy (non-hydrogen) atoms. The number of furan rings is 1. The fourth-order valence-electron chi connectivity index (χ4n) is 2.45. The highest BCUT2D eigenvalue weighted by molar-refractivity contribution is 7.89. The summed E-state index contributed by atoms with van der Waals surface area (Å²) in [6.45, 7) is -0.0295. The van der Waals surface area contributed by atoms with Gasteiger partial charge in [-0.15, -0.1) is 0 Å². The lowest BCUT2D eigenvalue weighted by Gasteiger charge is -2.13. The summed E-state index contributed by atoms with van der Waals surface area (Å²) in [6, 6.07) is 12.7. The second-order valence-electron chi connectivity index (χ2n) is 5.70. The number of hydrogen-bond acceptors (Lipinski definition) is 5. The summed E-state index contributed by atoms with van der Waals surface area (Å²) in [7, 11) is -2.51. The van der Waals surface area contributed by atoms with Crippen molar-refractivity contribution < 1.29 is 26.8 Å². The van der Waals surface area contributed by atoms with Crippen LogP contribution in [-0.2, 0) is 16.6 Å². The minimum absolute atomic E-state index is 0.0295. The molecule has 0 aliphatic carbocycles. The number of halogens is 1. The average molecular weight is 404 g/mol. The summed E-state index contributed by atoms with van der Waals surface area (Å²) in [5, 5.41) is 2.49. The molecule has 0 atom stereocenters. The maximum atomic E-state index is 13.8. The predicted molar refractivity (Wildman–Crippen MR) is 100 cm³/mol. The van der Waals surface area contributed by atoms with Gasteiger partial charge in [0.2, 0.25) is 10.0 Å². The molecule has 9 heteroatoms. The molecule has 0 aliphatic rings. The lowest BCUT2D eigenvalue weighted by Crippen LogP contribution is -2.23. The van der Waals surface area contributed by atoms with E-state index in [2.05, 4.69) is 10.0 Å². The van der Waals surface area contributed by atoms with Gasteiger partial charge in [0, 0.05) is 0 Å². The van der Waals surface area contributed by atoms with Crippen LogP contribution in [0.25, 0.3) is 0 Å². The van der Waals surface area contributed by atoms with Crippen molar-refractivity contribution in [2.24, 2.45) is 0 Å². The van der Waals surface area contributed by atoms with Gasteiger partial charge in [-0.25, -0.2) is 17.5 Å². The van der Waals surface area contributed by atoms with E-state index in [9.17, 15) is 17.6 Å². The lowest BCUT2D eigenvalue weighted by atomic mass is 10.2. The Hall–Kier alpha value is -3.17. The molecule has 0 radical (unpaired) electrons. The smallest absolute Gasteiger partial charge is 0.258 e. The first kappa shape index (κ1) is 19.6. The summed E-state index contributed by atoms with van der Waals surface area (Å²) in [5.41, 5.74) is -0.0783. The van der Waals surface area contributed by atoms with E-state index in [1.54, 1.807) is 12.1 Å². The molecule has 0 fully saturated rings. The number of rotatable bonds is 7. The summed E-state index contributed by atoms with van der Waals surface area (Å²) in [5.74, 6) is -0.739. The van der Waals surface area contributed by atoms with Crippen LogP contribution in [0.1, 0.15) is 16.1 Å². The van der Waals surface area contributed by atoms with E-state index in [1.165, 1.54) is 49.8 Å². The number of sulfonamides is 1. The molecule has 0 bridgehead atoms. The number of benzene rings is 2. The third kappa shape index (κ3) is 4.38. The largest absolute Gasteiger partial charge is 0.495 e. The molecule has 0 saturated carbocycles. The number of nitrogens with one attached hydrogen (secondary N) is 2. The van der Waals surface area contributed by atoms with Crippen LogP contribution >= 0.6 is 0 Å². The third-order valence-electron chi connectivity index (χ3n) is 3.86. The fourth-order valence-corrected chi connectivity index (χ4v) is 3.47. The second-order valence-corrected chi connectivity index (χ2v) is 7.47. The van der Waals surface area contributed by atoms with Gasteiger partial charge in [-0.2, -0.15) is 0 Å². The standard InChI is InChI=1S/C19H17FN2O5S/c1-26-18-9-8-14(28(24,25)21-12-13-5-4-10-27-13)11-17(18)22-19(23)15-6-2-3-7-16(15)20/h2-11,21H,12H2,1H3,(H,22,23). The molecule has 1 heterocycles. The first-order chi connectivity index (χ1) is 13.4. The van der Waals surface area contributed by atoms with E-state index in [4.69, 9.17) is 9.15 Å². The van der Waals surface area contributed by atoms with Gasteiger partial charge in [0.25, 0.3) is 5.91 Å². The maximum absolute atomic E-state index is 13.8. The Bertz CT molecular complexity index is 1080. The van der Waals surface area contributed by atoms with E-state index < -0.39 is 21.7 Å². The summed E-state index contributed by atoms with van der Waals surface area (Å²) >= 11 is 0. The highest BCUT2D eigenvalue weighted by Gasteiger charge is 2.19. The van der Waals surface area contributed by atoms with Crippen LogP contribution in [-0.4, -0.2) is 21.4 Å². The predicted octanol–water partition coefficient (Wildman–Crippen LogP) is 3.16. The van der Waals surface area contributed by atoms with Crippen LogP contribution in [0, 0.1) is 5.82 Å². The number of ether oxygens (including phenoxy) is 1. The minimum Gasteiger partial charge on any atom is -0.495 e. The lowest BCUT2D eigenvalue weighted by molar-refractivity contribution is 0.102. The first-order valence-electron chi connectivity index (χ1n) is 8.16. The van der Waals surface area contributed by atoms with Crippen LogP contribution in [0.15, 0.2) is 70.2 Å². The zero-order chi connectivity index (χ0) is 20.1. The zero-order valence-corrected chi connectivity index (χ0v) is 15.6. The summed E-state index contributed by atoms with van der Waals surface area (Å²) in [4.78, 5) is 12.3. The number of methoxy groups -OCH3 is 1. The quantitative estimate of drug-likeness (QED) is 0.630. The van der Waals surface area contributed by atoms with Gasteiger partial charge in [-0.3, -0.25) is 4.79 Å². The maximum Gasteiger partial charge on any atom is 0.258 e. The Morgan fingerprint density at radius 2 is 1.93 bits per heavy atom. The molecule has 3 aromatic rings. The molecular weight excluding hydrogens is 387 g/mol. The third-order valence-corrected chi connectivity index (χ3v) is 5.26. The van der Waals surface area contributed by atoms with Crippen molar-refractivity contribution in [1.29, 1.82) is 0 Å². The van der Waals surface area contributed by atoms with Crippen LogP contribution in [0.2, 0.25) is 0 Å². The van der Waals surface area contributed by atoms with Crippen molar-refractivity contribution in [1.82, 2.24) is 4.72 Å². The highest BCUT2D eigenvalue weighted by Crippen LogP contribution is 2.28. The molecule has 2 N–H and O–H groups in total. The Kier molecular flexibility index (Phi) is 5.76. The Labute approximate surface area is 161 Å². The van der Waals surface area contributed by atoms with Crippen molar-refractivity contribution in [3.63, 3.8) is 0 Å².